The molecule has 0 bridgehead atoms. The Balaban J connectivity index is 1.88. The summed E-state index contributed by atoms with van der Waals surface area (Å²) in [4.78, 5) is 0. The molecule has 1 aliphatic rings. The third kappa shape index (κ3) is 3.20. The monoisotopic (exact) mass is 234 g/mol. The van der Waals surface area contributed by atoms with Crippen LogP contribution in [0, 0.1) is 0 Å². The van der Waals surface area contributed by atoms with E-state index < -0.39 is 0 Å². The van der Waals surface area contributed by atoms with E-state index in [0.29, 0.717) is 0 Å². The Bertz CT molecular complexity index is 388. The van der Waals surface area contributed by atoms with Crippen molar-refractivity contribution in [3.63, 3.8) is 0 Å². The van der Waals surface area contributed by atoms with Crippen molar-refractivity contribution in [2.45, 2.75) is 32.4 Å². The van der Waals surface area contributed by atoms with Crippen molar-refractivity contribution in [1.29, 1.82) is 0 Å². The molecule has 2 N–H and O–H groups in total. The fourth-order valence-electron chi connectivity index (χ4n) is 1.96. The number of hydrogen-bond acceptors (Lipinski definition) is 3. The molecule has 0 spiro atoms. The van der Waals surface area contributed by atoms with Gasteiger partial charge in [0, 0.05) is 25.0 Å². The Morgan fingerprint density at radius 2 is 2.18 bits per heavy atom. The molecule has 1 aliphatic heterocycles. The van der Waals surface area contributed by atoms with Gasteiger partial charge in [-0.2, -0.15) is 0 Å². The summed E-state index contributed by atoms with van der Waals surface area (Å²) in [7, 11) is 1.99. The summed E-state index contributed by atoms with van der Waals surface area (Å²) in [6, 6.07) is 6.48. The zero-order chi connectivity index (χ0) is 12.3. The van der Waals surface area contributed by atoms with E-state index in [1.54, 1.807) is 0 Å². The first kappa shape index (κ1) is 12.4. The van der Waals surface area contributed by atoms with Crippen molar-refractivity contribution < 1.29 is 4.74 Å². The molecule has 1 aromatic rings. The summed E-state index contributed by atoms with van der Waals surface area (Å²) in [5, 5.41) is 6.77. The number of fused-ring (bicyclic) bond motifs is 1. The van der Waals surface area contributed by atoms with E-state index in [1.165, 1.54) is 11.1 Å². The summed E-state index contributed by atoms with van der Waals surface area (Å²) >= 11 is 0. The van der Waals surface area contributed by atoms with Gasteiger partial charge in [0.15, 0.2) is 0 Å². The topological polar surface area (TPSA) is 33.3 Å². The smallest absolute Gasteiger partial charge is 0.122 e. The molecule has 0 radical (unpaired) electrons. The Hall–Kier alpha value is -1.06. The number of ether oxygens (including phenoxy) is 1. The van der Waals surface area contributed by atoms with Crippen LogP contribution in [0.5, 0.6) is 5.75 Å². The van der Waals surface area contributed by atoms with Crippen molar-refractivity contribution >= 4 is 0 Å². The van der Waals surface area contributed by atoms with E-state index in [4.69, 9.17) is 4.74 Å². The quantitative estimate of drug-likeness (QED) is 0.813. The molecule has 0 unspecified atom stereocenters. The lowest BCUT2D eigenvalue weighted by molar-refractivity contribution is 0.356. The summed E-state index contributed by atoms with van der Waals surface area (Å²) in [6.07, 6.45) is 1.05. The molecule has 3 heteroatoms. The van der Waals surface area contributed by atoms with Crippen molar-refractivity contribution in [3.8, 4) is 5.75 Å². The van der Waals surface area contributed by atoms with E-state index >= 15 is 0 Å². The minimum Gasteiger partial charge on any atom is -0.493 e. The van der Waals surface area contributed by atoms with Gasteiger partial charge in [-0.05, 0) is 38.1 Å². The highest BCUT2D eigenvalue weighted by Gasteiger charge is 2.14. The SMILES string of the molecule is CNC(C)(C)CNCc1ccc2c(c1)CCO2. The van der Waals surface area contributed by atoms with Crippen molar-refractivity contribution in [1.82, 2.24) is 10.6 Å². The van der Waals surface area contributed by atoms with Crippen molar-refractivity contribution in [2.75, 3.05) is 20.2 Å². The lowest BCUT2D eigenvalue weighted by Gasteiger charge is -2.24. The molecule has 0 atom stereocenters. The van der Waals surface area contributed by atoms with Crippen LogP contribution in [-0.2, 0) is 13.0 Å². The standard InChI is InChI=1S/C14H22N2O/c1-14(2,15-3)10-16-9-11-4-5-13-12(8-11)6-7-17-13/h4-5,8,15-16H,6-7,9-10H2,1-3H3. The molecule has 1 aromatic carbocycles. The molecular weight excluding hydrogens is 212 g/mol. The second-order valence-electron chi connectivity index (χ2n) is 5.28. The molecule has 3 nitrogen and oxygen atoms in total. The summed E-state index contributed by atoms with van der Waals surface area (Å²) in [5.74, 6) is 1.06. The van der Waals surface area contributed by atoms with Gasteiger partial charge < -0.3 is 15.4 Å². The second-order valence-corrected chi connectivity index (χ2v) is 5.28. The van der Waals surface area contributed by atoms with Crippen LogP contribution in [0.3, 0.4) is 0 Å². The summed E-state index contributed by atoms with van der Waals surface area (Å²) in [5.41, 5.74) is 2.82. The molecule has 0 saturated carbocycles. The maximum absolute atomic E-state index is 5.50. The zero-order valence-electron chi connectivity index (χ0n) is 11.0. The van der Waals surface area contributed by atoms with Crippen LogP contribution in [-0.4, -0.2) is 25.7 Å². The lowest BCUT2D eigenvalue weighted by atomic mass is 10.1. The number of likely N-dealkylation sites (N-methyl/N-ethyl adjacent to an activating group) is 1. The Labute approximate surface area is 104 Å². The number of rotatable bonds is 5. The predicted molar refractivity (Wildman–Crippen MR) is 70.5 cm³/mol. The highest BCUT2D eigenvalue weighted by molar-refractivity contribution is 5.39. The van der Waals surface area contributed by atoms with Gasteiger partial charge in [-0.25, -0.2) is 0 Å². The van der Waals surface area contributed by atoms with Crippen LogP contribution < -0.4 is 15.4 Å². The zero-order valence-corrected chi connectivity index (χ0v) is 11.0. The van der Waals surface area contributed by atoms with Crippen molar-refractivity contribution in [3.05, 3.63) is 29.3 Å². The molecule has 0 fully saturated rings. The Morgan fingerprint density at radius 1 is 1.35 bits per heavy atom. The number of hydrogen-bond donors (Lipinski definition) is 2. The van der Waals surface area contributed by atoms with Gasteiger partial charge in [0.25, 0.3) is 0 Å². The van der Waals surface area contributed by atoms with Gasteiger partial charge in [0.05, 0.1) is 6.61 Å². The van der Waals surface area contributed by atoms with Crippen LogP contribution >= 0.6 is 0 Å². The normalized spacial score (nSPS) is 14.5. The maximum Gasteiger partial charge on any atom is 0.122 e. The molecule has 2 rings (SSSR count). The largest absolute Gasteiger partial charge is 0.493 e. The van der Waals surface area contributed by atoms with Crippen LogP contribution in [0.15, 0.2) is 18.2 Å². The fraction of sp³-hybridized carbons (Fsp3) is 0.571. The average Bonchev–Trinajstić information content (AvgIpc) is 2.76. The third-order valence-corrected chi connectivity index (χ3v) is 3.33. The van der Waals surface area contributed by atoms with Crippen LogP contribution in [0.1, 0.15) is 25.0 Å². The van der Waals surface area contributed by atoms with E-state index in [9.17, 15) is 0 Å². The first-order valence-electron chi connectivity index (χ1n) is 6.25. The Kier molecular flexibility index (Phi) is 3.69. The van der Waals surface area contributed by atoms with Gasteiger partial charge in [-0.3, -0.25) is 0 Å². The number of nitrogens with one attached hydrogen (secondary N) is 2. The molecule has 94 valence electrons. The summed E-state index contributed by atoms with van der Waals surface area (Å²) in [6.45, 7) is 7.08. The first-order chi connectivity index (χ1) is 8.11. The van der Waals surface area contributed by atoms with Gasteiger partial charge in [-0.15, -0.1) is 0 Å². The highest BCUT2D eigenvalue weighted by Crippen LogP contribution is 2.25. The molecular formula is C14H22N2O. The molecule has 0 aromatic heterocycles. The molecule has 0 amide bonds. The predicted octanol–water partition coefficient (Wildman–Crippen LogP) is 1.71. The van der Waals surface area contributed by atoms with Gasteiger partial charge in [0.1, 0.15) is 5.75 Å². The summed E-state index contributed by atoms with van der Waals surface area (Å²) < 4.78 is 5.50. The minimum absolute atomic E-state index is 0.139. The maximum atomic E-state index is 5.50. The van der Waals surface area contributed by atoms with Crippen molar-refractivity contribution in [2.24, 2.45) is 0 Å². The lowest BCUT2D eigenvalue weighted by Crippen LogP contribution is -2.45. The fourth-order valence-corrected chi connectivity index (χ4v) is 1.96. The Morgan fingerprint density at radius 3 is 2.94 bits per heavy atom. The van der Waals surface area contributed by atoms with E-state index in [0.717, 1.165) is 31.9 Å². The van der Waals surface area contributed by atoms with Crippen LogP contribution in [0.4, 0.5) is 0 Å². The molecule has 17 heavy (non-hydrogen) atoms. The molecule has 0 saturated heterocycles. The third-order valence-electron chi connectivity index (χ3n) is 3.33. The average molecular weight is 234 g/mol. The highest BCUT2D eigenvalue weighted by atomic mass is 16.5. The van der Waals surface area contributed by atoms with E-state index in [-0.39, 0.29) is 5.54 Å². The van der Waals surface area contributed by atoms with Crippen LogP contribution in [0.25, 0.3) is 0 Å². The van der Waals surface area contributed by atoms with Gasteiger partial charge in [-0.1, -0.05) is 12.1 Å². The van der Waals surface area contributed by atoms with Crippen LogP contribution in [0.2, 0.25) is 0 Å². The first-order valence-corrected chi connectivity index (χ1v) is 6.25. The minimum atomic E-state index is 0.139. The van der Waals surface area contributed by atoms with E-state index in [1.807, 2.05) is 7.05 Å². The van der Waals surface area contributed by atoms with E-state index in [2.05, 4.69) is 42.7 Å². The van der Waals surface area contributed by atoms with Gasteiger partial charge >= 0.3 is 0 Å². The molecule has 0 aliphatic carbocycles. The second kappa shape index (κ2) is 5.07. The molecule has 1 heterocycles. The van der Waals surface area contributed by atoms with Gasteiger partial charge in [0.2, 0.25) is 0 Å². The number of benzene rings is 1.